The third-order valence-electron chi connectivity index (χ3n) is 11.0. The molecule has 4 heteroatoms. The fourth-order valence-corrected chi connectivity index (χ4v) is 20.9. The molecule has 10 rings (SSSR count). The number of furan rings is 1. The summed E-state index contributed by atoms with van der Waals surface area (Å²) in [6.45, 7) is 0. The summed E-state index contributed by atoms with van der Waals surface area (Å²) >= 11 is 1.91. The van der Waals surface area contributed by atoms with E-state index in [0.29, 0.717) is 0 Å². The van der Waals surface area contributed by atoms with Gasteiger partial charge in [0.05, 0.1) is 0 Å². The predicted octanol–water partition coefficient (Wildman–Crippen LogP) is 6.81. The normalized spacial score (nSPS) is 13.5. The van der Waals surface area contributed by atoms with Gasteiger partial charge >= 0.3 is 0 Å². The number of para-hydroxylation sites is 2. The highest BCUT2D eigenvalue weighted by Gasteiger charge is 2.49. The van der Waals surface area contributed by atoms with Crippen molar-refractivity contribution in [2.24, 2.45) is 0 Å². The standard InChI is InChI=1S/C48H34OSSi2/c1-4-18-35(19-5-1)51(36-20-6-2-7-21-36,47-33-17-27-41-40-26-10-11-28-42(40)49-48(41)47)38-24-16-25-39(34-38)52(37-22-8-3-9-23-37)45-31-14-12-29-43(45)50-44-30-13-15-32-46(44)52/h1-34H. The Kier molecular flexibility index (Phi) is 7.50. The molecule has 0 fully saturated rings. The first-order valence-corrected chi connectivity index (χ1v) is 22.7. The summed E-state index contributed by atoms with van der Waals surface area (Å²) in [5, 5.41) is 13.3. The summed E-state index contributed by atoms with van der Waals surface area (Å²) in [7, 11) is -5.81. The van der Waals surface area contributed by atoms with Gasteiger partial charge in [-0.2, -0.15) is 0 Å². The summed E-state index contributed by atoms with van der Waals surface area (Å²) in [4.78, 5) is 2.70. The molecule has 1 nitrogen and oxygen atoms in total. The van der Waals surface area contributed by atoms with Crippen LogP contribution in [0.25, 0.3) is 21.9 Å². The minimum atomic E-state index is -3.02. The van der Waals surface area contributed by atoms with Gasteiger partial charge in [0.25, 0.3) is 0 Å². The lowest BCUT2D eigenvalue weighted by Crippen LogP contribution is -2.78. The van der Waals surface area contributed by atoms with Crippen molar-refractivity contribution in [3.63, 3.8) is 0 Å². The van der Waals surface area contributed by atoms with Gasteiger partial charge in [0.1, 0.15) is 11.2 Å². The zero-order chi connectivity index (χ0) is 34.5. The van der Waals surface area contributed by atoms with Crippen LogP contribution in [0.1, 0.15) is 0 Å². The van der Waals surface area contributed by atoms with E-state index in [-0.39, 0.29) is 0 Å². The van der Waals surface area contributed by atoms with Crippen LogP contribution in [0.5, 0.6) is 0 Å². The molecule has 246 valence electrons. The van der Waals surface area contributed by atoms with Gasteiger partial charge in [0, 0.05) is 20.6 Å². The Morgan fingerprint density at radius 3 is 1.58 bits per heavy atom. The maximum atomic E-state index is 6.92. The lowest BCUT2D eigenvalue weighted by molar-refractivity contribution is 0.671. The average Bonchev–Trinajstić information content (AvgIpc) is 3.61. The second-order valence-corrected chi connectivity index (χ2v) is 22.1. The zero-order valence-electron chi connectivity index (χ0n) is 28.4. The quantitative estimate of drug-likeness (QED) is 0.139. The van der Waals surface area contributed by atoms with E-state index in [1.165, 1.54) is 51.3 Å². The molecule has 1 aliphatic rings. The van der Waals surface area contributed by atoms with Crippen molar-refractivity contribution in [1.29, 1.82) is 0 Å². The maximum Gasteiger partial charge on any atom is 0.184 e. The van der Waals surface area contributed by atoms with E-state index in [9.17, 15) is 0 Å². The van der Waals surface area contributed by atoms with Gasteiger partial charge in [-0.1, -0.05) is 200 Å². The van der Waals surface area contributed by atoms with E-state index in [1.54, 1.807) is 0 Å². The van der Waals surface area contributed by atoms with Gasteiger partial charge in [-0.15, -0.1) is 0 Å². The topological polar surface area (TPSA) is 13.1 Å². The van der Waals surface area contributed by atoms with Crippen LogP contribution in [-0.4, -0.2) is 16.1 Å². The Hall–Kier alpha value is -5.66. The van der Waals surface area contributed by atoms with Crippen molar-refractivity contribution in [2.75, 3.05) is 0 Å². The van der Waals surface area contributed by atoms with Crippen molar-refractivity contribution >= 4 is 91.3 Å². The molecule has 1 aromatic heterocycles. The van der Waals surface area contributed by atoms with Crippen LogP contribution in [0.3, 0.4) is 0 Å². The van der Waals surface area contributed by atoms with Crippen molar-refractivity contribution in [1.82, 2.24) is 0 Å². The molecule has 0 bridgehead atoms. The number of rotatable bonds is 6. The average molecular weight is 715 g/mol. The molecule has 0 amide bonds. The molecule has 0 N–H and O–H groups in total. The highest BCUT2D eigenvalue weighted by Crippen LogP contribution is 2.33. The molecule has 0 radical (unpaired) electrons. The number of fused-ring (bicyclic) bond motifs is 5. The van der Waals surface area contributed by atoms with E-state index in [4.69, 9.17) is 4.42 Å². The van der Waals surface area contributed by atoms with Crippen molar-refractivity contribution in [3.8, 4) is 0 Å². The number of hydrogen-bond acceptors (Lipinski definition) is 2. The molecule has 0 saturated carbocycles. The predicted molar refractivity (Wildman–Crippen MR) is 225 cm³/mol. The van der Waals surface area contributed by atoms with Crippen LogP contribution in [-0.2, 0) is 0 Å². The fourth-order valence-electron chi connectivity index (χ4n) is 8.84. The third kappa shape index (κ3) is 4.55. The second-order valence-electron chi connectivity index (χ2n) is 13.6. The van der Waals surface area contributed by atoms with E-state index < -0.39 is 16.1 Å². The first-order chi connectivity index (χ1) is 25.8. The molecule has 0 spiro atoms. The number of hydrogen-bond donors (Lipinski definition) is 0. The molecule has 2 heterocycles. The van der Waals surface area contributed by atoms with Gasteiger partial charge < -0.3 is 4.42 Å². The van der Waals surface area contributed by atoms with E-state index in [1.807, 2.05) is 11.8 Å². The Balaban J connectivity index is 1.36. The second kappa shape index (κ2) is 12.5. The van der Waals surface area contributed by atoms with Gasteiger partial charge in [0.15, 0.2) is 16.1 Å². The Labute approximate surface area is 310 Å². The smallest absolute Gasteiger partial charge is 0.184 e. The molecule has 0 atom stereocenters. The molecule has 1 aliphatic heterocycles. The van der Waals surface area contributed by atoms with Gasteiger partial charge in [-0.25, -0.2) is 0 Å². The van der Waals surface area contributed by atoms with Crippen molar-refractivity contribution in [2.45, 2.75) is 9.79 Å². The molecular weight excluding hydrogens is 681 g/mol. The molecular formula is C48H34OSSi2. The summed E-state index contributed by atoms with van der Waals surface area (Å²) in [5.41, 5.74) is 1.90. The lowest BCUT2D eigenvalue weighted by Gasteiger charge is -2.41. The van der Waals surface area contributed by atoms with Gasteiger partial charge in [-0.3, -0.25) is 0 Å². The zero-order valence-corrected chi connectivity index (χ0v) is 31.3. The van der Waals surface area contributed by atoms with Crippen molar-refractivity contribution in [3.05, 3.63) is 206 Å². The van der Waals surface area contributed by atoms with Crippen molar-refractivity contribution < 1.29 is 4.42 Å². The molecule has 0 unspecified atom stereocenters. The van der Waals surface area contributed by atoms with Crippen LogP contribution in [0.4, 0.5) is 0 Å². The third-order valence-corrected chi connectivity index (χ3v) is 22.1. The minimum absolute atomic E-state index is 0.922. The largest absolute Gasteiger partial charge is 0.456 e. The van der Waals surface area contributed by atoms with Crippen LogP contribution in [0.15, 0.2) is 220 Å². The fraction of sp³-hybridized carbons (Fsp3) is 0. The highest BCUT2D eigenvalue weighted by molar-refractivity contribution is 8.00. The first kappa shape index (κ1) is 31.1. The summed E-state index contributed by atoms with van der Waals surface area (Å²) in [6.07, 6.45) is 0. The van der Waals surface area contributed by atoms with Gasteiger partial charge in [-0.05, 0) is 59.7 Å². The van der Waals surface area contributed by atoms with Crippen LogP contribution < -0.4 is 41.5 Å². The molecule has 0 aliphatic carbocycles. The molecule has 8 aromatic carbocycles. The Morgan fingerprint density at radius 1 is 0.404 bits per heavy atom. The number of benzene rings is 8. The van der Waals surface area contributed by atoms with Gasteiger partial charge in [0.2, 0.25) is 0 Å². The Morgan fingerprint density at radius 2 is 0.904 bits per heavy atom. The van der Waals surface area contributed by atoms with Crippen LogP contribution in [0, 0.1) is 0 Å². The van der Waals surface area contributed by atoms with Crippen LogP contribution in [0.2, 0.25) is 0 Å². The SMILES string of the molecule is c1ccc([Si]2(c3cccc([Si](c4ccccc4)(c4ccccc4)c4cccc5c4oc4ccccc45)c3)c3ccccc3Sc3ccccc32)cc1. The molecule has 52 heavy (non-hydrogen) atoms. The summed E-state index contributed by atoms with van der Waals surface area (Å²) in [6, 6.07) is 77.1. The summed E-state index contributed by atoms with van der Waals surface area (Å²) in [5.74, 6) is 0. The highest BCUT2D eigenvalue weighted by atomic mass is 32.2. The van der Waals surface area contributed by atoms with E-state index in [0.717, 1.165) is 21.9 Å². The lowest BCUT2D eigenvalue weighted by atomic mass is 10.1. The van der Waals surface area contributed by atoms with Crippen LogP contribution >= 0.6 is 11.8 Å². The molecule has 9 aromatic rings. The Bertz CT molecular complexity index is 2640. The maximum absolute atomic E-state index is 6.92. The van der Waals surface area contributed by atoms with E-state index >= 15 is 0 Å². The monoisotopic (exact) mass is 714 g/mol. The molecule has 0 saturated heterocycles. The minimum Gasteiger partial charge on any atom is -0.456 e. The summed E-state index contributed by atoms with van der Waals surface area (Å²) < 4.78 is 6.92. The first-order valence-electron chi connectivity index (χ1n) is 17.8. The van der Waals surface area contributed by atoms with E-state index in [2.05, 4.69) is 206 Å².